The van der Waals surface area contributed by atoms with E-state index in [0.717, 1.165) is 17.7 Å². The number of benzene rings is 2. The Morgan fingerprint density at radius 2 is 1.96 bits per heavy atom. The monoisotopic (exact) mass is 336 g/mol. The summed E-state index contributed by atoms with van der Waals surface area (Å²) in [6.45, 7) is 1.78. The molecule has 0 aliphatic heterocycles. The molecule has 25 heavy (non-hydrogen) atoms. The molecule has 0 fully saturated rings. The van der Waals surface area contributed by atoms with Crippen LogP contribution in [0.2, 0.25) is 0 Å². The highest BCUT2D eigenvalue weighted by Gasteiger charge is 2.14. The number of amides is 1. The van der Waals surface area contributed by atoms with Crippen LogP contribution in [0.5, 0.6) is 5.75 Å². The van der Waals surface area contributed by atoms with Crippen LogP contribution in [0.25, 0.3) is 6.08 Å². The van der Waals surface area contributed by atoms with Crippen molar-refractivity contribution >= 4 is 17.7 Å². The first kappa shape index (κ1) is 17.7. The van der Waals surface area contributed by atoms with Crippen molar-refractivity contribution in [2.45, 2.75) is 13.0 Å². The van der Waals surface area contributed by atoms with Crippen LogP contribution in [0.3, 0.4) is 0 Å². The summed E-state index contributed by atoms with van der Waals surface area (Å²) in [5.41, 5.74) is 0.282. The quantitative estimate of drug-likeness (QED) is 0.389. The molecular formula is C18H14N3O4-. The van der Waals surface area contributed by atoms with E-state index in [-0.39, 0.29) is 17.2 Å². The summed E-state index contributed by atoms with van der Waals surface area (Å²) in [5.74, 6) is -1.34. The predicted molar refractivity (Wildman–Crippen MR) is 89.1 cm³/mol. The van der Waals surface area contributed by atoms with Gasteiger partial charge in [0.15, 0.2) is 0 Å². The van der Waals surface area contributed by atoms with Gasteiger partial charge in [-0.15, -0.1) is 0 Å². The van der Waals surface area contributed by atoms with Gasteiger partial charge in [0, 0.05) is 6.07 Å². The molecular weight excluding hydrogens is 322 g/mol. The number of nitrogens with zero attached hydrogens (tertiary/aromatic N) is 2. The molecule has 7 heteroatoms. The fourth-order valence-electron chi connectivity index (χ4n) is 2.18. The SMILES string of the molecule is C[C@H](NC(=O)/C(C#N)=C/c1ccc([O-])c([N+](=O)[O-])c1)c1ccccc1. The fourth-order valence-corrected chi connectivity index (χ4v) is 2.18. The van der Waals surface area contributed by atoms with Gasteiger partial charge in [0.05, 0.1) is 11.0 Å². The highest BCUT2D eigenvalue weighted by atomic mass is 16.6. The number of nitriles is 1. The third kappa shape index (κ3) is 4.42. The number of carbonyl (C=O) groups excluding carboxylic acids is 1. The lowest BCUT2D eigenvalue weighted by atomic mass is 10.1. The van der Waals surface area contributed by atoms with Gasteiger partial charge < -0.3 is 10.4 Å². The molecule has 2 aromatic rings. The Labute approximate surface area is 144 Å². The Kier molecular flexibility index (Phi) is 5.48. The van der Waals surface area contributed by atoms with E-state index in [4.69, 9.17) is 0 Å². The maximum absolute atomic E-state index is 12.3. The Balaban J connectivity index is 2.23. The summed E-state index contributed by atoms with van der Waals surface area (Å²) in [7, 11) is 0. The number of nitrogens with one attached hydrogen (secondary N) is 1. The second kappa shape index (κ2) is 7.75. The molecule has 1 amide bonds. The lowest BCUT2D eigenvalue weighted by Crippen LogP contribution is -2.27. The highest BCUT2D eigenvalue weighted by Crippen LogP contribution is 2.25. The molecule has 0 radical (unpaired) electrons. The summed E-state index contributed by atoms with van der Waals surface area (Å²) in [4.78, 5) is 22.3. The molecule has 0 unspecified atom stereocenters. The topological polar surface area (TPSA) is 119 Å². The first-order valence-electron chi connectivity index (χ1n) is 7.35. The smallest absolute Gasteiger partial charge is 0.262 e. The van der Waals surface area contributed by atoms with Crippen LogP contribution >= 0.6 is 0 Å². The molecule has 0 saturated carbocycles. The van der Waals surface area contributed by atoms with Crippen LogP contribution in [-0.4, -0.2) is 10.8 Å². The van der Waals surface area contributed by atoms with Crippen molar-refractivity contribution in [1.29, 1.82) is 5.26 Å². The van der Waals surface area contributed by atoms with Crippen LogP contribution in [0.1, 0.15) is 24.1 Å². The Morgan fingerprint density at radius 1 is 1.28 bits per heavy atom. The molecule has 0 spiro atoms. The minimum Gasteiger partial charge on any atom is -0.868 e. The maximum Gasteiger partial charge on any atom is 0.262 e. The normalized spacial score (nSPS) is 12.1. The van der Waals surface area contributed by atoms with Gasteiger partial charge >= 0.3 is 0 Å². The van der Waals surface area contributed by atoms with E-state index in [1.54, 1.807) is 13.0 Å². The Bertz CT molecular complexity index is 870. The number of hydrogen-bond donors (Lipinski definition) is 1. The number of hydrogen-bond acceptors (Lipinski definition) is 5. The lowest BCUT2D eigenvalue weighted by Gasteiger charge is -2.13. The summed E-state index contributed by atoms with van der Waals surface area (Å²) < 4.78 is 0. The van der Waals surface area contributed by atoms with Crippen molar-refractivity contribution in [2.75, 3.05) is 0 Å². The first-order valence-corrected chi connectivity index (χ1v) is 7.35. The number of carbonyl (C=O) groups is 1. The molecule has 2 aromatic carbocycles. The minimum absolute atomic E-state index is 0.212. The van der Waals surface area contributed by atoms with Crippen LogP contribution in [-0.2, 0) is 4.79 Å². The average Bonchev–Trinajstić information content (AvgIpc) is 2.61. The average molecular weight is 336 g/mol. The van der Waals surface area contributed by atoms with Crippen LogP contribution in [0, 0.1) is 21.4 Å². The third-order valence-electron chi connectivity index (χ3n) is 3.50. The van der Waals surface area contributed by atoms with E-state index in [0.29, 0.717) is 0 Å². The van der Waals surface area contributed by atoms with Crippen LogP contribution in [0.4, 0.5) is 5.69 Å². The standard InChI is InChI=1S/C18H15N3O4/c1-12(14-5-3-2-4-6-14)20-18(23)15(11-19)9-13-7-8-17(22)16(10-13)21(24)25/h2-10,12,22H,1H3,(H,20,23)/p-1/b15-9+/t12-/m0/s1. The summed E-state index contributed by atoms with van der Waals surface area (Å²) in [6, 6.07) is 14.1. The van der Waals surface area contributed by atoms with Gasteiger partial charge in [0.1, 0.15) is 11.6 Å². The van der Waals surface area contributed by atoms with Crippen molar-refractivity contribution in [1.82, 2.24) is 5.32 Å². The van der Waals surface area contributed by atoms with E-state index < -0.39 is 22.3 Å². The number of rotatable bonds is 5. The van der Waals surface area contributed by atoms with Gasteiger partial charge in [-0.2, -0.15) is 5.26 Å². The molecule has 0 bridgehead atoms. The van der Waals surface area contributed by atoms with Crippen LogP contribution < -0.4 is 10.4 Å². The van der Waals surface area contributed by atoms with Crippen molar-refractivity contribution in [2.24, 2.45) is 0 Å². The molecule has 1 N–H and O–H groups in total. The third-order valence-corrected chi connectivity index (χ3v) is 3.50. The Hall–Kier alpha value is -3.66. The van der Waals surface area contributed by atoms with E-state index in [1.165, 1.54) is 12.1 Å². The van der Waals surface area contributed by atoms with Gasteiger partial charge in [0.2, 0.25) is 0 Å². The highest BCUT2D eigenvalue weighted by molar-refractivity contribution is 6.01. The van der Waals surface area contributed by atoms with Crippen molar-refractivity contribution in [3.63, 3.8) is 0 Å². The number of nitro groups is 1. The first-order chi connectivity index (χ1) is 11.9. The number of nitro benzene ring substituents is 1. The molecule has 0 aliphatic rings. The van der Waals surface area contributed by atoms with Gasteiger partial charge in [-0.25, -0.2) is 0 Å². The van der Waals surface area contributed by atoms with Crippen molar-refractivity contribution in [3.05, 3.63) is 75.3 Å². The van der Waals surface area contributed by atoms with Gasteiger partial charge in [-0.3, -0.25) is 14.9 Å². The minimum atomic E-state index is -0.802. The molecule has 7 nitrogen and oxygen atoms in total. The maximum atomic E-state index is 12.3. The molecule has 0 saturated heterocycles. The molecule has 1 atom stereocenters. The van der Waals surface area contributed by atoms with E-state index in [2.05, 4.69) is 5.32 Å². The van der Waals surface area contributed by atoms with Crippen molar-refractivity contribution in [3.8, 4) is 11.8 Å². The second-order valence-corrected chi connectivity index (χ2v) is 5.26. The molecule has 0 heterocycles. The zero-order valence-electron chi connectivity index (χ0n) is 13.3. The predicted octanol–water partition coefficient (Wildman–Crippen LogP) is 2.45. The largest absolute Gasteiger partial charge is 0.868 e. The summed E-state index contributed by atoms with van der Waals surface area (Å²) in [6.07, 6.45) is 1.21. The van der Waals surface area contributed by atoms with E-state index in [9.17, 15) is 25.3 Å². The summed E-state index contributed by atoms with van der Waals surface area (Å²) in [5, 5.41) is 34.1. The van der Waals surface area contributed by atoms with E-state index >= 15 is 0 Å². The second-order valence-electron chi connectivity index (χ2n) is 5.26. The van der Waals surface area contributed by atoms with Gasteiger partial charge in [0.25, 0.3) is 11.6 Å². The lowest BCUT2D eigenvalue weighted by molar-refractivity contribution is -0.398. The van der Waals surface area contributed by atoms with Gasteiger partial charge in [-0.1, -0.05) is 42.5 Å². The zero-order chi connectivity index (χ0) is 18.4. The summed E-state index contributed by atoms with van der Waals surface area (Å²) >= 11 is 0. The van der Waals surface area contributed by atoms with E-state index in [1.807, 2.05) is 30.3 Å². The molecule has 0 aromatic heterocycles. The Morgan fingerprint density at radius 3 is 2.56 bits per heavy atom. The fraction of sp³-hybridized carbons (Fsp3) is 0.111. The van der Waals surface area contributed by atoms with Crippen LogP contribution in [0.15, 0.2) is 54.1 Å². The molecule has 0 aliphatic carbocycles. The molecule has 2 rings (SSSR count). The zero-order valence-corrected chi connectivity index (χ0v) is 13.3. The van der Waals surface area contributed by atoms with Gasteiger partial charge in [-0.05, 0) is 29.9 Å². The molecule has 126 valence electrons. The van der Waals surface area contributed by atoms with Crippen molar-refractivity contribution < 1.29 is 14.8 Å².